The van der Waals surface area contributed by atoms with E-state index < -0.39 is 11.6 Å². The van der Waals surface area contributed by atoms with Gasteiger partial charge in [0, 0.05) is 12.0 Å². The highest BCUT2D eigenvalue weighted by molar-refractivity contribution is 9.10. The topological polar surface area (TPSA) is 17.1 Å². The molecule has 0 aromatic heterocycles. The lowest BCUT2D eigenvalue weighted by atomic mass is 10.0. The van der Waals surface area contributed by atoms with Crippen molar-refractivity contribution in [3.05, 3.63) is 33.8 Å². The second-order valence-electron chi connectivity index (χ2n) is 3.74. The van der Waals surface area contributed by atoms with Gasteiger partial charge in [0.05, 0.1) is 4.47 Å². The van der Waals surface area contributed by atoms with Gasteiger partial charge >= 0.3 is 0 Å². The smallest absolute Gasteiger partial charge is 0.173 e. The van der Waals surface area contributed by atoms with Gasteiger partial charge in [0.15, 0.2) is 17.4 Å². The summed E-state index contributed by atoms with van der Waals surface area (Å²) in [5.74, 6) is -1.96. The number of benzene rings is 1. The van der Waals surface area contributed by atoms with E-state index in [2.05, 4.69) is 15.9 Å². The molecule has 0 aliphatic rings. The maximum atomic E-state index is 13.1. The largest absolute Gasteiger partial charge is 0.294 e. The maximum Gasteiger partial charge on any atom is 0.173 e. The Morgan fingerprint density at radius 2 is 2.00 bits per heavy atom. The van der Waals surface area contributed by atoms with Crippen molar-refractivity contribution in [1.29, 1.82) is 0 Å². The monoisotopic (exact) mass is 276 g/mol. The summed E-state index contributed by atoms with van der Waals surface area (Å²) in [6.45, 7) is 3.79. The van der Waals surface area contributed by atoms with E-state index in [1.54, 1.807) is 0 Å². The summed E-state index contributed by atoms with van der Waals surface area (Å²) in [6, 6.07) is 2.26. The lowest BCUT2D eigenvalue weighted by Gasteiger charge is -2.07. The summed E-state index contributed by atoms with van der Waals surface area (Å²) >= 11 is 2.89. The zero-order valence-electron chi connectivity index (χ0n) is 8.48. The summed E-state index contributed by atoms with van der Waals surface area (Å²) in [4.78, 5) is 11.6. The van der Waals surface area contributed by atoms with Crippen molar-refractivity contribution in [2.24, 2.45) is 5.92 Å². The van der Waals surface area contributed by atoms with Crippen molar-refractivity contribution in [1.82, 2.24) is 0 Å². The van der Waals surface area contributed by atoms with Gasteiger partial charge in [-0.2, -0.15) is 0 Å². The molecule has 0 spiro atoms. The van der Waals surface area contributed by atoms with Crippen LogP contribution in [0.2, 0.25) is 0 Å². The van der Waals surface area contributed by atoms with Gasteiger partial charge in [0.2, 0.25) is 0 Å². The van der Waals surface area contributed by atoms with Gasteiger partial charge in [-0.05, 0) is 34.0 Å². The highest BCUT2D eigenvalue weighted by atomic mass is 79.9. The van der Waals surface area contributed by atoms with Gasteiger partial charge in [-0.3, -0.25) is 4.79 Å². The standard InChI is InChI=1S/C11H11BrF2O/c1-6(2)5-9(15)7-3-4-8(13)11(14)10(7)12/h3-4,6H,5H2,1-2H3. The van der Waals surface area contributed by atoms with E-state index in [0.29, 0.717) is 6.42 Å². The SMILES string of the molecule is CC(C)CC(=O)c1ccc(F)c(F)c1Br. The van der Waals surface area contributed by atoms with Crippen LogP contribution in [0.4, 0.5) is 8.78 Å². The van der Waals surface area contributed by atoms with E-state index in [9.17, 15) is 13.6 Å². The third kappa shape index (κ3) is 2.84. The molecule has 0 amide bonds. The molecule has 0 atom stereocenters. The average molecular weight is 277 g/mol. The Morgan fingerprint density at radius 1 is 1.40 bits per heavy atom. The molecule has 1 nitrogen and oxygen atoms in total. The molecule has 4 heteroatoms. The summed E-state index contributed by atoms with van der Waals surface area (Å²) < 4.78 is 25.8. The number of ketones is 1. The molecule has 82 valence electrons. The molecular formula is C11H11BrF2O. The van der Waals surface area contributed by atoms with Crippen LogP contribution in [0, 0.1) is 17.6 Å². The fourth-order valence-corrected chi connectivity index (χ4v) is 1.76. The van der Waals surface area contributed by atoms with Gasteiger partial charge < -0.3 is 0 Å². The van der Waals surface area contributed by atoms with Crippen molar-refractivity contribution < 1.29 is 13.6 Å². The first-order chi connectivity index (χ1) is 6.93. The van der Waals surface area contributed by atoms with Crippen molar-refractivity contribution in [2.45, 2.75) is 20.3 Å². The Labute approximate surface area is 95.6 Å². The predicted molar refractivity (Wildman–Crippen MR) is 57.8 cm³/mol. The quantitative estimate of drug-likeness (QED) is 0.603. The number of halogens is 3. The normalized spacial score (nSPS) is 10.8. The molecule has 0 aliphatic carbocycles. The fourth-order valence-electron chi connectivity index (χ4n) is 1.22. The number of hydrogen-bond acceptors (Lipinski definition) is 1. The second kappa shape index (κ2) is 4.84. The Hall–Kier alpha value is -0.770. The predicted octanol–water partition coefficient (Wildman–Crippen LogP) is 3.96. The van der Waals surface area contributed by atoms with Crippen molar-refractivity contribution in [2.75, 3.05) is 0 Å². The van der Waals surface area contributed by atoms with Gasteiger partial charge in [-0.15, -0.1) is 0 Å². The van der Waals surface area contributed by atoms with E-state index in [1.807, 2.05) is 13.8 Å². The van der Waals surface area contributed by atoms with Gasteiger partial charge in [0.1, 0.15) is 0 Å². The maximum absolute atomic E-state index is 13.1. The third-order valence-electron chi connectivity index (χ3n) is 1.93. The van der Waals surface area contributed by atoms with Crippen LogP contribution in [0.1, 0.15) is 30.6 Å². The Bertz CT molecular complexity index is 388. The van der Waals surface area contributed by atoms with Crippen LogP contribution in [0.15, 0.2) is 16.6 Å². The molecule has 0 fully saturated rings. The molecule has 1 aromatic carbocycles. The molecular weight excluding hydrogens is 266 g/mol. The molecule has 0 heterocycles. The highest BCUT2D eigenvalue weighted by Crippen LogP contribution is 2.24. The molecule has 0 saturated heterocycles. The summed E-state index contributed by atoms with van der Waals surface area (Å²) in [5.41, 5.74) is 0.197. The van der Waals surface area contributed by atoms with Gasteiger partial charge in [-0.1, -0.05) is 13.8 Å². The first kappa shape index (κ1) is 12.3. The van der Waals surface area contributed by atoms with Crippen molar-refractivity contribution in [3.8, 4) is 0 Å². The van der Waals surface area contributed by atoms with E-state index >= 15 is 0 Å². The molecule has 1 aromatic rings. The minimum atomic E-state index is -1.01. The van der Waals surface area contributed by atoms with Crippen LogP contribution in [0.3, 0.4) is 0 Å². The summed E-state index contributed by atoms with van der Waals surface area (Å²) in [6.07, 6.45) is 0.323. The molecule has 1 rings (SSSR count). The minimum absolute atomic E-state index is 0.0897. The van der Waals surface area contributed by atoms with Gasteiger partial charge in [-0.25, -0.2) is 8.78 Å². The van der Waals surface area contributed by atoms with Crippen LogP contribution >= 0.6 is 15.9 Å². The van der Waals surface area contributed by atoms with E-state index in [-0.39, 0.29) is 21.7 Å². The molecule has 0 radical (unpaired) electrons. The molecule has 15 heavy (non-hydrogen) atoms. The van der Waals surface area contributed by atoms with E-state index in [4.69, 9.17) is 0 Å². The Balaban J connectivity index is 3.06. The fraction of sp³-hybridized carbons (Fsp3) is 0.364. The number of rotatable bonds is 3. The molecule has 0 saturated carbocycles. The lowest BCUT2D eigenvalue weighted by molar-refractivity contribution is 0.0966. The van der Waals surface area contributed by atoms with Crippen molar-refractivity contribution >= 4 is 21.7 Å². The lowest BCUT2D eigenvalue weighted by Crippen LogP contribution is -2.06. The summed E-state index contributed by atoms with van der Waals surface area (Å²) in [5, 5.41) is 0. The summed E-state index contributed by atoms with van der Waals surface area (Å²) in [7, 11) is 0. The van der Waals surface area contributed by atoms with E-state index in [0.717, 1.165) is 6.07 Å². The van der Waals surface area contributed by atoms with Crippen LogP contribution in [0.25, 0.3) is 0 Å². The zero-order valence-corrected chi connectivity index (χ0v) is 10.1. The number of carbonyl (C=O) groups is 1. The van der Waals surface area contributed by atoms with Crippen LogP contribution in [-0.4, -0.2) is 5.78 Å². The van der Waals surface area contributed by atoms with Gasteiger partial charge in [0.25, 0.3) is 0 Å². The molecule has 0 aliphatic heterocycles. The Morgan fingerprint density at radius 3 is 2.53 bits per heavy atom. The number of carbonyl (C=O) groups excluding carboxylic acids is 1. The number of Topliss-reactive ketones (excluding diaryl/α,β-unsaturated/α-hetero) is 1. The van der Waals surface area contributed by atoms with Crippen LogP contribution in [0.5, 0.6) is 0 Å². The van der Waals surface area contributed by atoms with Crippen LogP contribution in [-0.2, 0) is 0 Å². The third-order valence-corrected chi connectivity index (χ3v) is 2.70. The Kier molecular flexibility index (Phi) is 3.97. The first-order valence-corrected chi connectivity index (χ1v) is 5.39. The zero-order chi connectivity index (χ0) is 11.6. The number of hydrogen-bond donors (Lipinski definition) is 0. The van der Waals surface area contributed by atoms with E-state index in [1.165, 1.54) is 6.07 Å². The molecule has 0 N–H and O–H groups in total. The highest BCUT2D eigenvalue weighted by Gasteiger charge is 2.17. The minimum Gasteiger partial charge on any atom is -0.294 e. The second-order valence-corrected chi connectivity index (χ2v) is 4.54. The molecule has 0 unspecified atom stereocenters. The average Bonchev–Trinajstić information content (AvgIpc) is 2.13. The first-order valence-electron chi connectivity index (χ1n) is 4.60. The van der Waals surface area contributed by atoms with Crippen molar-refractivity contribution in [3.63, 3.8) is 0 Å². The molecule has 0 bridgehead atoms. The van der Waals surface area contributed by atoms with Crippen LogP contribution < -0.4 is 0 Å².